The van der Waals surface area contributed by atoms with Crippen molar-refractivity contribution in [3.8, 4) is 6.07 Å². The number of nitrogens with one attached hydrogen (secondary N) is 1. The standard InChI is InChI=1S/C10H8N2O/c11-5-7-6-12-9-4-2-1-3-8(9)10(7)13/h1-4,12-13H,6H2. The Morgan fingerprint density at radius 2 is 2.15 bits per heavy atom. The van der Waals surface area contributed by atoms with E-state index in [0.29, 0.717) is 17.7 Å². The molecule has 0 aliphatic carbocycles. The Bertz CT molecular complexity index is 415. The number of nitriles is 1. The molecule has 3 heteroatoms. The lowest BCUT2D eigenvalue weighted by molar-refractivity contribution is 0.506. The summed E-state index contributed by atoms with van der Waals surface area (Å²) in [4.78, 5) is 0. The molecule has 2 N–H and O–H groups in total. The molecule has 0 fully saturated rings. The minimum atomic E-state index is 0.0943. The van der Waals surface area contributed by atoms with E-state index in [-0.39, 0.29) is 5.76 Å². The fourth-order valence-corrected chi connectivity index (χ4v) is 1.37. The van der Waals surface area contributed by atoms with E-state index in [1.165, 1.54) is 0 Å². The number of hydrogen-bond acceptors (Lipinski definition) is 3. The summed E-state index contributed by atoms with van der Waals surface area (Å²) >= 11 is 0. The topological polar surface area (TPSA) is 56.0 Å². The number of nitrogens with zero attached hydrogens (tertiary/aromatic N) is 1. The number of aliphatic hydroxyl groups is 1. The van der Waals surface area contributed by atoms with Gasteiger partial charge in [0.1, 0.15) is 11.8 Å². The van der Waals surface area contributed by atoms with Crippen molar-refractivity contribution < 1.29 is 5.11 Å². The van der Waals surface area contributed by atoms with Crippen LogP contribution in [0, 0.1) is 11.3 Å². The number of rotatable bonds is 0. The van der Waals surface area contributed by atoms with E-state index in [4.69, 9.17) is 5.26 Å². The van der Waals surface area contributed by atoms with Crippen LogP contribution in [-0.4, -0.2) is 11.7 Å². The molecule has 3 nitrogen and oxygen atoms in total. The van der Waals surface area contributed by atoms with E-state index in [1.54, 1.807) is 6.07 Å². The molecule has 1 heterocycles. The first-order valence-electron chi connectivity index (χ1n) is 3.98. The molecule has 1 aliphatic heterocycles. The number of anilines is 1. The predicted octanol–water partition coefficient (Wildman–Crippen LogP) is 1.90. The summed E-state index contributed by atoms with van der Waals surface area (Å²) in [7, 11) is 0. The lowest BCUT2D eigenvalue weighted by Gasteiger charge is -2.17. The van der Waals surface area contributed by atoms with Gasteiger partial charge in [-0.25, -0.2) is 0 Å². The van der Waals surface area contributed by atoms with Gasteiger partial charge in [0.15, 0.2) is 0 Å². The summed E-state index contributed by atoms with van der Waals surface area (Å²) in [6.45, 7) is 0.402. The molecule has 64 valence electrons. The van der Waals surface area contributed by atoms with Gasteiger partial charge in [-0.05, 0) is 12.1 Å². The molecule has 0 saturated carbocycles. The second kappa shape index (κ2) is 2.83. The largest absolute Gasteiger partial charge is 0.506 e. The van der Waals surface area contributed by atoms with Crippen LogP contribution in [0.2, 0.25) is 0 Å². The maximum Gasteiger partial charge on any atom is 0.140 e. The first-order valence-corrected chi connectivity index (χ1v) is 3.98. The van der Waals surface area contributed by atoms with E-state index in [9.17, 15) is 5.11 Å². The summed E-state index contributed by atoms with van der Waals surface area (Å²) < 4.78 is 0. The van der Waals surface area contributed by atoms with Crippen LogP contribution in [0.15, 0.2) is 29.8 Å². The SMILES string of the molecule is N#CC1=C(O)c2ccccc2NC1. The zero-order valence-electron chi connectivity index (χ0n) is 6.91. The van der Waals surface area contributed by atoms with Crippen molar-refractivity contribution in [2.24, 2.45) is 0 Å². The van der Waals surface area contributed by atoms with Crippen LogP contribution in [0.25, 0.3) is 5.76 Å². The van der Waals surface area contributed by atoms with Gasteiger partial charge in [0.25, 0.3) is 0 Å². The van der Waals surface area contributed by atoms with Crippen LogP contribution in [0.1, 0.15) is 5.56 Å². The fourth-order valence-electron chi connectivity index (χ4n) is 1.37. The first-order chi connectivity index (χ1) is 6.33. The highest BCUT2D eigenvalue weighted by atomic mass is 16.3. The summed E-state index contributed by atoms with van der Waals surface area (Å²) in [6, 6.07) is 9.34. The molecule has 13 heavy (non-hydrogen) atoms. The van der Waals surface area contributed by atoms with E-state index >= 15 is 0 Å². The van der Waals surface area contributed by atoms with Gasteiger partial charge in [0.2, 0.25) is 0 Å². The van der Waals surface area contributed by atoms with Gasteiger partial charge in [-0.3, -0.25) is 0 Å². The first kappa shape index (κ1) is 7.69. The molecule has 0 spiro atoms. The second-order valence-corrected chi connectivity index (χ2v) is 2.84. The third-order valence-corrected chi connectivity index (χ3v) is 2.06. The third-order valence-electron chi connectivity index (χ3n) is 2.06. The monoisotopic (exact) mass is 172 g/mol. The summed E-state index contributed by atoms with van der Waals surface area (Å²) in [5.74, 6) is 0.0943. The summed E-state index contributed by atoms with van der Waals surface area (Å²) in [5.41, 5.74) is 1.96. The van der Waals surface area contributed by atoms with E-state index in [0.717, 1.165) is 5.69 Å². The van der Waals surface area contributed by atoms with Crippen LogP contribution in [0.3, 0.4) is 0 Å². The van der Waals surface area contributed by atoms with Crippen LogP contribution < -0.4 is 5.32 Å². The molecule has 0 atom stereocenters. The second-order valence-electron chi connectivity index (χ2n) is 2.84. The molecule has 0 saturated heterocycles. The predicted molar refractivity (Wildman–Crippen MR) is 50.1 cm³/mol. The molecule has 0 radical (unpaired) electrons. The number of hydrogen-bond donors (Lipinski definition) is 2. The lowest BCUT2D eigenvalue weighted by atomic mass is 10.0. The fraction of sp³-hybridized carbons (Fsp3) is 0.100. The third kappa shape index (κ3) is 1.13. The number of aliphatic hydroxyl groups excluding tert-OH is 1. The highest BCUT2D eigenvalue weighted by Gasteiger charge is 2.16. The van der Waals surface area contributed by atoms with Crippen LogP contribution >= 0.6 is 0 Å². The Morgan fingerprint density at radius 1 is 1.38 bits per heavy atom. The minimum absolute atomic E-state index is 0.0943. The van der Waals surface area contributed by atoms with Gasteiger partial charge >= 0.3 is 0 Å². The normalized spacial score (nSPS) is 14.4. The maximum atomic E-state index is 9.64. The van der Waals surface area contributed by atoms with Crippen molar-refractivity contribution >= 4 is 11.4 Å². The molecule has 2 rings (SSSR count). The van der Waals surface area contributed by atoms with Gasteiger partial charge in [0.05, 0.1) is 12.1 Å². The Kier molecular flexibility index (Phi) is 1.67. The zero-order valence-corrected chi connectivity index (χ0v) is 6.91. The molecule has 1 aliphatic rings. The highest BCUT2D eigenvalue weighted by molar-refractivity contribution is 5.79. The summed E-state index contributed by atoms with van der Waals surface area (Å²) in [6.07, 6.45) is 0. The Morgan fingerprint density at radius 3 is 2.92 bits per heavy atom. The summed E-state index contributed by atoms with van der Waals surface area (Å²) in [5, 5.41) is 21.4. The Hall–Kier alpha value is -1.95. The molecular formula is C10H8N2O. The van der Waals surface area contributed by atoms with Crippen molar-refractivity contribution in [2.45, 2.75) is 0 Å². The van der Waals surface area contributed by atoms with Crippen molar-refractivity contribution in [2.75, 3.05) is 11.9 Å². The maximum absolute atomic E-state index is 9.64. The number of para-hydroxylation sites is 1. The molecule has 0 amide bonds. The van der Waals surface area contributed by atoms with Crippen molar-refractivity contribution in [1.82, 2.24) is 0 Å². The molecule has 0 aromatic heterocycles. The van der Waals surface area contributed by atoms with Gasteiger partial charge in [-0.2, -0.15) is 5.26 Å². The Balaban J connectivity index is 2.60. The van der Waals surface area contributed by atoms with Gasteiger partial charge in [0, 0.05) is 11.3 Å². The average Bonchev–Trinajstić information content (AvgIpc) is 2.19. The highest BCUT2D eigenvalue weighted by Crippen LogP contribution is 2.28. The quantitative estimate of drug-likeness (QED) is 0.628. The van der Waals surface area contributed by atoms with Crippen molar-refractivity contribution in [3.05, 3.63) is 35.4 Å². The van der Waals surface area contributed by atoms with Gasteiger partial charge in [-0.15, -0.1) is 0 Å². The molecule has 1 aromatic carbocycles. The molecule has 1 aromatic rings. The van der Waals surface area contributed by atoms with Crippen molar-refractivity contribution in [1.29, 1.82) is 5.26 Å². The van der Waals surface area contributed by atoms with Gasteiger partial charge in [-0.1, -0.05) is 12.1 Å². The minimum Gasteiger partial charge on any atom is -0.506 e. The lowest BCUT2D eigenvalue weighted by Crippen LogP contribution is -2.12. The average molecular weight is 172 g/mol. The van der Waals surface area contributed by atoms with E-state index in [1.807, 2.05) is 24.3 Å². The van der Waals surface area contributed by atoms with Crippen LogP contribution in [0.4, 0.5) is 5.69 Å². The number of benzene rings is 1. The zero-order chi connectivity index (χ0) is 9.26. The van der Waals surface area contributed by atoms with E-state index in [2.05, 4.69) is 5.32 Å². The van der Waals surface area contributed by atoms with Crippen LogP contribution in [-0.2, 0) is 0 Å². The van der Waals surface area contributed by atoms with Crippen LogP contribution in [0.5, 0.6) is 0 Å². The molecular weight excluding hydrogens is 164 g/mol. The molecule has 0 bridgehead atoms. The smallest absolute Gasteiger partial charge is 0.140 e. The Labute approximate surface area is 75.9 Å². The number of fused-ring (bicyclic) bond motifs is 1. The molecule has 0 unspecified atom stereocenters. The van der Waals surface area contributed by atoms with Gasteiger partial charge < -0.3 is 10.4 Å². The van der Waals surface area contributed by atoms with Crippen molar-refractivity contribution in [3.63, 3.8) is 0 Å². The van der Waals surface area contributed by atoms with E-state index < -0.39 is 0 Å².